The third-order valence-corrected chi connectivity index (χ3v) is 4.50. The van der Waals surface area contributed by atoms with Crippen LogP contribution in [0, 0.1) is 5.82 Å². The van der Waals surface area contributed by atoms with E-state index >= 15 is 0 Å². The highest BCUT2D eigenvalue weighted by molar-refractivity contribution is 7.89. The van der Waals surface area contributed by atoms with Gasteiger partial charge in [0.25, 0.3) is 0 Å². The van der Waals surface area contributed by atoms with Crippen LogP contribution in [0.5, 0.6) is 0 Å². The van der Waals surface area contributed by atoms with Crippen molar-refractivity contribution in [2.24, 2.45) is 0 Å². The van der Waals surface area contributed by atoms with Gasteiger partial charge in [0.2, 0.25) is 15.5 Å². The molecule has 1 aromatic heterocycles. The average molecular weight is 310 g/mol. The molecular formula is C14H15FN2O3S. The van der Waals surface area contributed by atoms with Gasteiger partial charge in [-0.1, -0.05) is 12.1 Å². The maximum absolute atomic E-state index is 12.8. The zero-order chi connectivity index (χ0) is 15.5. The molecular weight excluding hydrogens is 295 g/mol. The largest absolute Gasteiger partial charge is 0.366 e. The smallest absolute Gasteiger partial charge is 0.246 e. The van der Waals surface area contributed by atoms with Crippen LogP contribution in [0.3, 0.4) is 0 Å². The predicted molar refractivity (Wildman–Crippen MR) is 77.0 cm³/mol. The molecule has 112 valence electrons. The van der Waals surface area contributed by atoms with Crippen LogP contribution < -0.4 is 10.2 Å². The van der Waals surface area contributed by atoms with Crippen LogP contribution in [-0.4, -0.2) is 19.4 Å². The van der Waals surface area contributed by atoms with E-state index in [2.05, 4.69) is 9.71 Å². The minimum atomic E-state index is -3.89. The fourth-order valence-corrected chi connectivity index (χ4v) is 3.25. The molecule has 0 saturated heterocycles. The fourth-order valence-electron chi connectivity index (χ4n) is 1.95. The quantitative estimate of drug-likeness (QED) is 0.876. The van der Waals surface area contributed by atoms with Crippen molar-refractivity contribution in [1.82, 2.24) is 9.71 Å². The second-order valence-corrected chi connectivity index (χ2v) is 6.41. The Balaban J connectivity index is 2.12. The molecule has 0 bridgehead atoms. The Bertz CT molecular complexity index is 769. The molecule has 0 amide bonds. The van der Waals surface area contributed by atoms with E-state index < -0.39 is 21.5 Å². The van der Waals surface area contributed by atoms with Crippen molar-refractivity contribution in [3.63, 3.8) is 0 Å². The highest BCUT2D eigenvalue weighted by Crippen LogP contribution is 2.08. The summed E-state index contributed by atoms with van der Waals surface area (Å²) in [7, 11) is -3.89. The number of benzene rings is 1. The lowest BCUT2D eigenvalue weighted by molar-refractivity contribution is 0.558. The average Bonchev–Trinajstić information content (AvgIpc) is 2.41. The van der Waals surface area contributed by atoms with Gasteiger partial charge in [-0.2, -0.15) is 0 Å². The van der Waals surface area contributed by atoms with Gasteiger partial charge in [-0.15, -0.1) is 0 Å². The molecule has 0 radical (unpaired) electrons. The van der Waals surface area contributed by atoms with Gasteiger partial charge >= 0.3 is 0 Å². The van der Waals surface area contributed by atoms with Crippen molar-refractivity contribution in [1.29, 1.82) is 0 Å². The third kappa shape index (κ3) is 3.99. The fraction of sp³-hybridized carbons (Fsp3) is 0.214. The lowest BCUT2D eigenvalue weighted by Crippen LogP contribution is -2.36. The van der Waals surface area contributed by atoms with E-state index in [4.69, 9.17) is 0 Å². The molecule has 0 spiro atoms. The molecule has 0 fully saturated rings. The molecule has 5 nitrogen and oxygen atoms in total. The van der Waals surface area contributed by atoms with Crippen LogP contribution in [0.15, 0.2) is 52.4 Å². The molecule has 1 unspecified atom stereocenters. The molecule has 1 heterocycles. The van der Waals surface area contributed by atoms with Crippen molar-refractivity contribution in [2.75, 3.05) is 0 Å². The van der Waals surface area contributed by atoms with Crippen LogP contribution in [0.25, 0.3) is 0 Å². The summed E-state index contributed by atoms with van der Waals surface area (Å²) in [5.74, 6) is -0.345. The number of aromatic nitrogens is 1. The molecule has 0 aliphatic carbocycles. The monoisotopic (exact) mass is 310 g/mol. The number of aromatic amines is 1. The van der Waals surface area contributed by atoms with Crippen molar-refractivity contribution in [3.05, 3.63) is 64.3 Å². The Labute approximate surface area is 121 Å². The summed E-state index contributed by atoms with van der Waals surface area (Å²) >= 11 is 0. The molecule has 7 heteroatoms. The molecule has 0 aliphatic rings. The minimum absolute atomic E-state index is 0.323. The Kier molecular flexibility index (Phi) is 4.54. The summed E-state index contributed by atoms with van der Waals surface area (Å²) in [5, 5.41) is 0. The first-order valence-corrected chi connectivity index (χ1v) is 7.81. The SMILES string of the molecule is CC(Cc1ccc(F)cc1)NS(=O)(=O)c1c[nH]ccc1=O. The summed E-state index contributed by atoms with van der Waals surface area (Å²) in [5.41, 5.74) is 0.226. The van der Waals surface area contributed by atoms with Gasteiger partial charge in [-0.3, -0.25) is 4.79 Å². The summed E-state index contributed by atoms with van der Waals surface area (Å²) in [6.07, 6.45) is 2.91. The second kappa shape index (κ2) is 6.19. The normalized spacial score (nSPS) is 13.0. The van der Waals surface area contributed by atoms with Crippen LogP contribution in [0.2, 0.25) is 0 Å². The van der Waals surface area contributed by atoms with Gasteiger partial charge in [0.15, 0.2) is 0 Å². The minimum Gasteiger partial charge on any atom is -0.366 e. The van der Waals surface area contributed by atoms with Crippen LogP contribution in [0.1, 0.15) is 12.5 Å². The number of nitrogens with one attached hydrogen (secondary N) is 2. The number of hydrogen-bond acceptors (Lipinski definition) is 3. The molecule has 2 aromatic rings. The van der Waals surface area contributed by atoms with Gasteiger partial charge in [0, 0.05) is 24.5 Å². The molecule has 1 aromatic carbocycles. The predicted octanol–water partition coefficient (Wildman–Crippen LogP) is 1.42. The lowest BCUT2D eigenvalue weighted by Gasteiger charge is -2.14. The topological polar surface area (TPSA) is 79.0 Å². The number of hydrogen-bond donors (Lipinski definition) is 2. The maximum Gasteiger partial charge on any atom is 0.246 e. The zero-order valence-corrected chi connectivity index (χ0v) is 12.2. The highest BCUT2D eigenvalue weighted by atomic mass is 32.2. The van der Waals surface area contributed by atoms with Crippen molar-refractivity contribution < 1.29 is 12.8 Å². The standard InChI is InChI=1S/C14H15FN2O3S/c1-10(8-11-2-4-12(15)5-3-11)17-21(19,20)14-9-16-7-6-13(14)18/h2-7,9-10,17H,8H2,1H3,(H,16,18). The van der Waals surface area contributed by atoms with Crippen LogP contribution >= 0.6 is 0 Å². The maximum atomic E-state index is 12.8. The number of sulfonamides is 1. The molecule has 0 aliphatic heterocycles. The molecule has 21 heavy (non-hydrogen) atoms. The highest BCUT2D eigenvalue weighted by Gasteiger charge is 2.20. The van der Waals surface area contributed by atoms with Gasteiger partial charge in [0.05, 0.1) is 0 Å². The van der Waals surface area contributed by atoms with Crippen LogP contribution in [0.4, 0.5) is 4.39 Å². The number of halogens is 1. The first-order chi connectivity index (χ1) is 9.88. The number of rotatable bonds is 5. The van der Waals surface area contributed by atoms with Gasteiger partial charge in [0.1, 0.15) is 10.7 Å². The summed E-state index contributed by atoms with van der Waals surface area (Å²) < 4.78 is 39.5. The third-order valence-electron chi connectivity index (χ3n) is 2.89. The summed E-state index contributed by atoms with van der Waals surface area (Å²) in [4.78, 5) is 13.8. The van der Waals surface area contributed by atoms with E-state index in [1.165, 1.54) is 18.3 Å². The molecule has 2 N–H and O–H groups in total. The molecule has 0 saturated carbocycles. The number of H-pyrrole nitrogens is 1. The zero-order valence-electron chi connectivity index (χ0n) is 11.3. The van der Waals surface area contributed by atoms with Crippen molar-refractivity contribution in [3.8, 4) is 0 Å². The van der Waals surface area contributed by atoms with E-state index in [1.807, 2.05) is 0 Å². The Morgan fingerprint density at radius 3 is 2.52 bits per heavy atom. The van der Waals surface area contributed by atoms with Gasteiger partial charge in [-0.05, 0) is 31.0 Å². The van der Waals surface area contributed by atoms with E-state index in [-0.39, 0.29) is 10.7 Å². The molecule has 1 atom stereocenters. The summed E-state index contributed by atoms with van der Waals surface area (Å²) in [6, 6.07) is 6.54. The van der Waals surface area contributed by atoms with E-state index in [1.54, 1.807) is 19.1 Å². The molecule has 2 rings (SSSR count). The Morgan fingerprint density at radius 1 is 1.24 bits per heavy atom. The van der Waals surface area contributed by atoms with Crippen molar-refractivity contribution in [2.45, 2.75) is 24.3 Å². The summed E-state index contributed by atoms with van der Waals surface area (Å²) in [6.45, 7) is 1.68. The lowest BCUT2D eigenvalue weighted by atomic mass is 10.1. The van der Waals surface area contributed by atoms with E-state index in [9.17, 15) is 17.6 Å². The van der Waals surface area contributed by atoms with Gasteiger partial charge < -0.3 is 4.98 Å². The van der Waals surface area contributed by atoms with Crippen LogP contribution in [-0.2, 0) is 16.4 Å². The number of pyridine rings is 1. The van der Waals surface area contributed by atoms with E-state index in [0.29, 0.717) is 6.42 Å². The Morgan fingerprint density at radius 2 is 1.90 bits per heavy atom. The first-order valence-electron chi connectivity index (χ1n) is 6.32. The second-order valence-electron chi connectivity index (χ2n) is 4.73. The van der Waals surface area contributed by atoms with Gasteiger partial charge in [-0.25, -0.2) is 17.5 Å². The first kappa shape index (κ1) is 15.4. The Hall–Kier alpha value is -1.99. The van der Waals surface area contributed by atoms with Crippen molar-refractivity contribution >= 4 is 10.0 Å². The van der Waals surface area contributed by atoms with E-state index in [0.717, 1.165) is 17.8 Å².